The van der Waals surface area contributed by atoms with Gasteiger partial charge >= 0.3 is 5.69 Å². The minimum absolute atomic E-state index is 0.0135. The first-order valence-corrected chi connectivity index (χ1v) is 9.15. The van der Waals surface area contributed by atoms with Gasteiger partial charge in [-0.3, -0.25) is 9.36 Å². The molecule has 0 atom stereocenters. The Labute approximate surface area is 147 Å². The molecular weight excluding hydrogens is 316 g/mol. The van der Waals surface area contributed by atoms with E-state index < -0.39 is 0 Å². The number of nitrogens with zero attached hydrogens (tertiary/aromatic N) is 4. The Balaban J connectivity index is 1.48. The fraction of sp³-hybridized carbons (Fsp3) is 0.526. The molecule has 1 fully saturated rings. The molecule has 25 heavy (non-hydrogen) atoms. The highest BCUT2D eigenvalue weighted by Gasteiger charge is 2.25. The van der Waals surface area contributed by atoms with E-state index >= 15 is 0 Å². The van der Waals surface area contributed by atoms with Crippen molar-refractivity contribution in [2.75, 3.05) is 6.54 Å². The maximum atomic E-state index is 12.8. The lowest BCUT2D eigenvalue weighted by molar-refractivity contribution is 0.0706. The molecule has 2 aromatic rings. The molecule has 1 aliphatic carbocycles. The van der Waals surface area contributed by atoms with Crippen LogP contribution in [0, 0.1) is 0 Å². The van der Waals surface area contributed by atoms with Crippen molar-refractivity contribution in [1.29, 1.82) is 0 Å². The number of benzene rings is 1. The van der Waals surface area contributed by atoms with Crippen LogP contribution < -0.4 is 5.69 Å². The zero-order chi connectivity index (χ0) is 17.4. The molecule has 2 heterocycles. The summed E-state index contributed by atoms with van der Waals surface area (Å²) in [5, 5.41) is 4.23. The molecule has 1 amide bonds. The number of hydrogen-bond donors (Lipinski definition) is 0. The van der Waals surface area contributed by atoms with E-state index in [0.717, 1.165) is 0 Å². The van der Waals surface area contributed by atoms with Crippen molar-refractivity contribution in [3.05, 3.63) is 51.7 Å². The molecule has 2 aliphatic rings. The minimum Gasteiger partial charge on any atom is -0.329 e. The number of rotatable bonds is 2. The highest BCUT2D eigenvalue weighted by Crippen LogP contribution is 2.32. The van der Waals surface area contributed by atoms with Crippen molar-refractivity contribution in [1.82, 2.24) is 19.2 Å². The number of carbonyl (C=O) groups is 1. The summed E-state index contributed by atoms with van der Waals surface area (Å²) >= 11 is 0. The van der Waals surface area contributed by atoms with E-state index in [1.54, 1.807) is 16.5 Å². The fourth-order valence-corrected chi connectivity index (χ4v) is 4.06. The van der Waals surface area contributed by atoms with Crippen LogP contribution in [0.2, 0.25) is 0 Å². The summed E-state index contributed by atoms with van der Waals surface area (Å²) in [5.41, 5.74) is 1.96. The van der Waals surface area contributed by atoms with Gasteiger partial charge in [0.1, 0.15) is 0 Å². The molecule has 6 nitrogen and oxygen atoms in total. The maximum absolute atomic E-state index is 12.8. The van der Waals surface area contributed by atoms with Gasteiger partial charge in [-0.2, -0.15) is 5.10 Å². The van der Waals surface area contributed by atoms with Gasteiger partial charge < -0.3 is 4.90 Å². The van der Waals surface area contributed by atoms with Crippen LogP contribution in [0.1, 0.15) is 59.8 Å². The molecule has 1 aliphatic heterocycles. The number of aryl methyl sites for hydroxylation is 1. The molecule has 0 unspecified atom stereocenters. The molecule has 4 rings (SSSR count). The van der Waals surface area contributed by atoms with E-state index in [4.69, 9.17) is 0 Å². The quantitative estimate of drug-likeness (QED) is 0.843. The monoisotopic (exact) mass is 340 g/mol. The zero-order valence-corrected chi connectivity index (χ0v) is 14.6. The summed E-state index contributed by atoms with van der Waals surface area (Å²) in [4.78, 5) is 26.5. The Morgan fingerprint density at radius 2 is 1.80 bits per heavy atom. The van der Waals surface area contributed by atoms with Crippen LogP contribution in [-0.4, -0.2) is 31.7 Å². The van der Waals surface area contributed by atoms with E-state index in [-0.39, 0.29) is 11.6 Å². The summed E-state index contributed by atoms with van der Waals surface area (Å²) in [6.45, 7) is 1.44. The lowest BCUT2D eigenvalue weighted by Crippen LogP contribution is -2.40. The van der Waals surface area contributed by atoms with Crippen LogP contribution >= 0.6 is 0 Å². The number of amides is 1. The van der Waals surface area contributed by atoms with Gasteiger partial charge in [-0.15, -0.1) is 0 Å². The SMILES string of the molecule is Cn1nc2n(c1=O)CCN(C(=O)c1ccc(C3CCCCC3)cc1)C2. The minimum atomic E-state index is -0.112. The Kier molecular flexibility index (Phi) is 4.19. The second kappa shape index (κ2) is 6.50. The molecule has 0 bridgehead atoms. The molecule has 1 aromatic heterocycles. The lowest BCUT2D eigenvalue weighted by atomic mass is 9.84. The third kappa shape index (κ3) is 3.01. The first-order chi connectivity index (χ1) is 12.1. The molecule has 1 aromatic carbocycles. The molecule has 132 valence electrons. The van der Waals surface area contributed by atoms with Gasteiger partial charge in [0.2, 0.25) is 0 Å². The third-order valence-corrected chi connectivity index (χ3v) is 5.53. The van der Waals surface area contributed by atoms with Crippen LogP contribution in [0.4, 0.5) is 0 Å². The maximum Gasteiger partial charge on any atom is 0.345 e. The summed E-state index contributed by atoms with van der Waals surface area (Å²) in [6.07, 6.45) is 6.49. The Morgan fingerprint density at radius 3 is 2.52 bits per heavy atom. The molecule has 0 N–H and O–H groups in total. The van der Waals surface area contributed by atoms with Gasteiger partial charge in [0.05, 0.1) is 6.54 Å². The van der Waals surface area contributed by atoms with Crippen LogP contribution in [0.15, 0.2) is 29.1 Å². The highest BCUT2D eigenvalue weighted by molar-refractivity contribution is 5.94. The van der Waals surface area contributed by atoms with Crippen molar-refractivity contribution < 1.29 is 4.79 Å². The van der Waals surface area contributed by atoms with Crippen LogP contribution in [0.25, 0.3) is 0 Å². The van der Waals surface area contributed by atoms with E-state index in [1.807, 2.05) is 12.1 Å². The predicted octanol–water partition coefficient (Wildman–Crippen LogP) is 2.29. The highest BCUT2D eigenvalue weighted by atomic mass is 16.2. The Hall–Kier alpha value is -2.37. The van der Waals surface area contributed by atoms with Gasteiger partial charge in [-0.05, 0) is 36.5 Å². The Bertz CT molecular complexity index is 828. The molecule has 0 radical (unpaired) electrons. The van der Waals surface area contributed by atoms with Crippen molar-refractivity contribution >= 4 is 5.91 Å². The van der Waals surface area contributed by atoms with Crippen LogP contribution in [0.3, 0.4) is 0 Å². The fourth-order valence-electron chi connectivity index (χ4n) is 4.06. The van der Waals surface area contributed by atoms with Gasteiger partial charge in [-0.1, -0.05) is 31.4 Å². The van der Waals surface area contributed by atoms with Crippen molar-refractivity contribution in [2.24, 2.45) is 7.05 Å². The van der Waals surface area contributed by atoms with Crippen molar-refractivity contribution in [3.8, 4) is 0 Å². The van der Waals surface area contributed by atoms with E-state index in [0.29, 0.717) is 36.9 Å². The Morgan fingerprint density at radius 1 is 1.08 bits per heavy atom. The first-order valence-electron chi connectivity index (χ1n) is 9.15. The number of fused-ring (bicyclic) bond motifs is 1. The molecule has 6 heteroatoms. The molecular formula is C19H24N4O2. The van der Waals surface area contributed by atoms with Gasteiger partial charge in [-0.25, -0.2) is 9.48 Å². The normalized spacial score (nSPS) is 18.2. The topological polar surface area (TPSA) is 60.1 Å². The van der Waals surface area contributed by atoms with E-state index in [1.165, 1.54) is 42.3 Å². The second-order valence-corrected chi connectivity index (χ2v) is 7.16. The summed E-state index contributed by atoms with van der Waals surface area (Å²) in [5.74, 6) is 1.32. The third-order valence-electron chi connectivity index (χ3n) is 5.53. The van der Waals surface area contributed by atoms with Gasteiger partial charge in [0.15, 0.2) is 5.82 Å². The number of carbonyl (C=O) groups excluding carboxylic acids is 1. The average molecular weight is 340 g/mol. The van der Waals surface area contributed by atoms with Crippen LogP contribution in [-0.2, 0) is 20.1 Å². The predicted molar refractivity (Wildman–Crippen MR) is 94.5 cm³/mol. The van der Waals surface area contributed by atoms with E-state index in [9.17, 15) is 9.59 Å². The molecule has 0 saturated heterocycles. The standard InChI is InChI=1S/C19H24N4O2/c1-21-19(25)23-12-11-22(13-17(23)20-21)18(24)16-9-7-15(8-10-16)14-5-3-2-4-6-14/h7-10,14H,2-6,11-13H2,1H3. The van der Waals surface area contributed by atoms with Gasteiger partial charge in [0, 0.05) is 25.7 Å². The summed E-state index contributed by atoms with van der Waals surface area (Å²) in [7, 11) is 1.64. The molecule has 0 spiro atoms. The lowest BCUT2D eigenvalue weighted by Gasteiger charge is -2.27. The first kappa shape index (κ1) is 16.1. The summed E-state index contributed by atoms with van der Waals surface area (Å²) < 4.78 is 2.98. The smallest absolute Gasteiger partial charge is 0.329 e. The largest absolute Gasteiger partial charge is 0.345 e. The molecule has 1 saturated carbocycles. The van der Waals surface area contributed by atoms with Gasteiger partial charge in [0.25, 0.3) is 5.91 Å². The van der Waals surface area contributed by atoms with Crippen molar-refractivity contribution in [2.45, 2.75) is 51.1 Å². The second-order valence-electron chi connectivity index (χ2n) is 7.16. The number of aromatic nitrogens is 3. The van der Waals surface area contributed by atoms with Crippen molar-refractivity contribution in [3.63, 3.8) is 0 Å². The zero-order valence-electron chi connectivity index (χ0n) is 14.6. The summed E-state index contributed by atoms with van der Waals surface area (Å²) in [6, 6.07) is 8.13. The van der Waals surface area contributed by atoms with Crippen LogP contribution in [0.5, 0.6) is 0 Å². The average Bonchev–Trinajstić information content (AvgIpc) is 2.95. The number of hydrogen-bond acceptors (Lipinski definition) is 3. The van der Waals surface area contributed by atoms with E-state index in [2.05, 4.69) is 17.2 Å².